The topological polar surface area (TPSA) is 68.8 Å². The van der Waals surface area contributed by atoms with Gasteiger partial charge in [-0.25, -0.2) is 9.97 Å². The van der Waals surface area contributed by atoms with E-state index in [2.05, 4.69) is 26.3 Å². The molecule has 0 saturated carbocycles. The molecule has 4 heterocycles. The van der Waals surface area contributed by atoms with E-state index in [1.54, 1.807) is 34.7 Å². The number of anilines is 1. The molecule has 114 valence electrons. The molecule has 0 aromatic carbocycles. The smallest absolute Gasteiger partial charge is 0.236 e. The van der Waals surface area contributed by atoms with Gasteiger partial charge in [0, 0.05) is 23.5 Å². The first-order valence-corrected chi connectivity index (χ1v) is 7.93. The van der Waals surface area contributed by atoms with Crippen molar-refractivity contribution in [2.45, 2.75) is 6.54 Å². The highest BCUT2D eigenvalue weighted by atomic mass is 32.1. The van der Waals surface area contributed by atoms with Crippen molar-refractivity contribution in [3.05, 3.63) is 66.6 Å². The molecule has 0 atom stereocenters. The molecule has 0 fully saturated rings. The molecule has 0 bridgehead atoms. The lowest BCUT2D eigenvalue weighted by Crippen LogP contribution is -2.06. The molecular formula is C16H13N5OS. The predicted octanol–water partition coefficient (Wildman–Crippen LogP) is 3.60. The molecule has 0 aliphatic heterocycles. The Morgan fingerprint density at radius 3 is 3.00 bits per heavy atom. The Morgan fingerprint density at radius 2 is 2.26 bits per heavy atom. The summed E-state index contributed by atoms with van der Waals surface area (Å²) >= 11 is 1.65. The van der Waals surface area contributed by atoms with Gasteiger partial charge in [-0.15, -0.1) is 11.3 Å². The molecular weight excluding hydrogens is 310 g/mol. The molecule has 0 unspecified atom stereocenters. The summed E-state index contributed by atoms with van der Waals surface area (Å²) in [6.45, 7) is 0.561. The highest BCUT2D eigenvalue weighted by Gasteiger charge is 2.11. The molecule has 1 N–H and O–H groups in total. The van der Waals surface area contributed by atoms with Crippen LogP contribution in [0.1, 0.15) is 5.76 Å². The van der Waals surface area contributed by atoms with Gasteiger partial charge >= 0.3 is 0 Å². The molecule has 23 heavy (non-hydrogen) atoms. The van der Waals surface area contributed by atoms with E-state index in [0.717, 1.165) is 22.0 Å². The van der Waals surface area contributed by atoms with E-state index in [9.17, 15) is 0 Å². The number of hydrogen-bond acceptors (Lipinski definition) is 6. The first-order chi connectivity index (χ1) is 11.4. The van der Waals surface area contributed by atoms with Crippen LogP contribution in [0.4, 0.5) is 5.82 Å². The zero-order valence-corrected chi connectivity index (χ0v) is 12.9. The quantitative estimate of drug-likeness (QED) is 0.608. The Balaban J connectivity index is 1.70. The molecule has 6 nitrogen and oxygen atoms in total. The summed E-state index contributed by atoms with van der Waals surface area (Å²) in [5.74, 6) is 2.19. The summed E-state index contributed by atoms with van der Waals surface area (Å²) in [5, 5.41) is 5.37. The number of rotatable bonds is 5. The van der Waals surface area contributed by atoms with E-state index in [-0.39, 0.29) is 0 Å². The minimum atomic E-state index is 0.561. The van der Waals surface area contributed by atoms with Crippen molar-refractivity contribution >= 4 is 17.2 Å². The van der Waals surface area contributed by atoms with E-state index in [0.29, 0.717) is 12.5 Å². The zero-order chi connectivity index (χ0) is 15.5. The summed E-state index contributed by atoms with van der Waals surface area (Å²) in [7, 11) is 0. The van der Waals surface area contributed by atoms with Crippen molar-refractivity contribution in [3.8, 4) is 16.4 Å². The molecule has 0 aliphatic rings. The van der Waals surface area contributed by atoms with Crippen molar-refractivity contribution in [3.63, 3.8) is 0 Å². The van der Waals surface area contributed by atoms with Gasteiger partial charge in [0.2, 0.25) is 5.95 Å². The molecule has 0 radical (unpaired) electrons. The fourth-order valence-electron chi connectivity index (χ4n) is 2.21. The van der Waals surface area contributed by atoms with E-state index >= 15 is 0 Å². The van der Waals surface area contributed by atoms with Crippen molar-refractivity contribution in [1.82, 2.24) is 19.5 Å². The van der Waals surface area contributed by atoms with Gasteiger partial charge in [0.1, 0.15) is 17.9 Å². The summed E-state index contributed by atoms with van der Waals surface area (Å²) < 4.78 is 7.14. The summed E-state index contributed by atoms with van der Waals surface area (Å²) in [5.41, 5.74) is 0.968. The predicted molar refractivity (Wildman–Crippen MR) is 88.5 cm³/mol. The highest BCUT2D eigenvalue weighted by molar-refractivity contribution is 7.13. The van der Waals surface area contributed by atoms with Crippen LogP contribution in [0.15, 0.2) is 65.2 Å². The van der Waals surface area contributed by atoms with Gasteiger partial charge in [0.25, 0.3) is 0 Å². The highest BCUT2D eigenvalue weighted by Crippen LogP contribution is 2.30. The van der Waals surface area contributed by atoms with Crippen LogP contribution in [-0.2, 0) is 6.54 Å². The van der Waals surface area contributed by atoms with E-state index in [1.165, 1.54) is 0 Å². The Labute approximate surface area is 136 Å². The molecule has 7 heteroatoms. The van der Waals surface area contributed by atoms with Crippen molar-refractivity contribution < 1.29 is 4.42 Å². The maximum atomic E-state index is 5.37. The standard InChI is InChI=1S/C16H13N5OS/c1-3-12(22-7-1)9-18-15-13(14-4-2-8-23-14)10-19-16(20-15)21-6-5-17-11-21/h1-8,10-11H,9H2,(H,18,19,20). The van der Waals surface area contributed by atoms with E-state index < -0.39 is 0 Å². The maximum absolute atomic E-state index is 5.37. The van der Waals surface area contributed by atoms with Gasteiger partial charge in [-0.2, -0.15) is 4.98 Å². The number of imidazole rings is 1. The van der Waals surface area contributed by atoms with E-state index in [4.69, 9.17) is 4.42 Å². The Hall–Kier alpha value is -2.93. The van der Waals surface area contributed by atoms with Gasteiger partial charge in [0.15, 0.2) is 0 Å². The molecule has 4 aromatic heterocycles. The SMILES string of the molecule is c1coc(CNc2nc(-n3ccnc3)ncc2-c2cccs2)c1. The fourth-order valence-corrected chi connectivity index (χ4v) is 2.94. The summed E-state index contributed by atoms with van der Waals surface area (Å²) in [4.78, 5) is 14.2. The first kappa shape index (κ1) is 13.7. The molecule has 0 saturated heterocycles. The number of nitrogens with zero attached hydrogens (tertiary/aromatic N) is 4. The van der Waals surface area contributed by atoms with Crippen molar-refractivity contribution in [2.75, 3.05) is 5.32 Å². The number of thiophene rings is 1. The van der Waals surface area contributed by atoms with Gasteiger partial charge in [0.05, 0.1) is 18.4 Å². The van der Waals surface area contributed by atoms with Crippen LogP contribution < -0.4 is 5.32 Å². The molecule has 4 rings (SSSR count). The Bertz CT molecular complexity index is 870. The van der Waals surface area contributed by atoms with Crippen LogP contribution in [0.3, 0.4) is 0 Å². The van der Waals surface area contributed by atoms with Crippen LogP contribution in [0.25, 0.3) is 16.4 Å². The fraction of sp³-hybridized carbons (Fsp3) is 0.0625. The largest absolute Gasteiger partial charge is 0.467 e. The van der Waals surface area contributed by atoms with Gasteiger partial charge in [-0.3, -0.25) is 4.57 Å². The van der Waals surface area contributed by atoms with Crippen LogP contribution in [-0.4, -0.2) is 19.5 Å². The maximum Gasteiger partial charge on any atom is 0.236 e. The Kier molecular flexibility index (Phi) is 3.61. The molecule has 4 aromatic rings. The third-order valence-electron chi connectivity index (χ3n) is 3.31. The second kappa shape index (κ2) is 6.05. The number of nitrogens with one attached hydrogen (secondary N) is 1. The number of hydrogen-bond donors (Lipinski definition) is 1. The normalized spacial score (nSPS) is 10.8. The van der Waals surface area contributed by atoms with Crippen molar-refractivity contribution in [1.29, 1.82) is 0 Å². The second-order valence-electron chi connectivity index (χ2n) is 4.81. The minimum Gasteiger partial charge on any atom is -0.467 e. The molecule has 0 aliphatic carbocycles. The average molecular weight is 323 g/mol. The first-order valence-electron chi connectivity index (χ1n) is 7.05. The average Bonchev–Trinajstić information content (AvgIpc) is 3.36. The van der Waals surface area contributed by atoms with Gasteiger partial charge in [-0.1, -0.05) is 6.07 Å². The van der Waals surface area contributed by atoms with Gasteiger partial charge < -0.3 is 9.73 Å². The lowest BCUT2D eigenvalue weighted by molar-refractivity contribution is 0.518. The second-order valence-corrected chi connectivity index (χ2v) is 5.76. The summed E-state index contributed by atoms with van der Waals surface area (Å²) in [6, 6.07) is 7.86. The van der Waals surface area contributed by atoms with Crippen LogP contribution >= 0.6 is 11.3 Å². The van der Waals surface area contributed by atoms with Crippen LogP contribution in [0.5, 0.6) is 0 Å². The van der Waals surface area contributed by atoms with Crippen molar-refractivity contribution in [2.24, 2.45) is 0 Å². The lowest BCUT2D eigenvalue weighted by atomic mass is 10.2. The van der Waals surface area contributed by atoms with Crippen LogP contribution in [0.2, 0.25) is 0 Å². The lowest BCUT2D eigenvalue weighted by Gasteiger charge is -2.10. The Morgan fingerprint density at radius 1 is 1.26 bits per heavy atom. The number of aromatic nitrogens is 4. The van der Waals surface area contributed by atoms with Crippen LogP contribution in [0, 0.1) is 0 Å². The zero-order valence-electron chi connectivity index (χ0n) is 12.1. The third kappa shape index (κ3) is 2.86. The van der Waals surface area contributed by atoms with Gasteiger partial charge in [-0.05, 0) is 23.6 Å². The van der Waals surface area contributed by atoms with E-state index in [1.807, 2.05) is 36.0 Å². The molecule has 0 spiro atoms. The summed E-state index contributed by atoms with van der Waals surface area (Å²) in [6.07, 6.45) is 8.69. The third-order valence-corrected chi connectivity index (χ3v) is 4.21. The molecule has 0 amide bonds. The minimum absolute atomic E-state index is 0.561. The monoisotopic (exact) mass is 323 g/mol. The number of furan rings is 1.